The van der Waals surface area contributed by atoms with Gasteiger partial charge in [-0.3, -0.25) is 0 Å². The molecule has 1 radical (unpaired) electrons. The Kier molecular flexibility index (Phi) is 1.98. The van der Waals surface area contributed by atoms with Crippen molar-refractivity contribution in [2.75, 3.05) is 0 Å². The monoisotopic (exact) mass is 197 g/mol. The minimum atomic E-state index is -0.516. The van der Waals surface area contributed by atoms with Gasteiger partial charge in [-0.05, 0) is 18.2 Å². The lowest BCUT2D eigenvalue weighted by Gasteiger charge is -1.95. The molecule has 0 unspecified atom stereocenters. The van der Waals surface area contributed by atoms with Gasteiger partial charge in [-0.15, -0.1) is 10.2 Å². The molecule has 0 aliphatic rings. The van der Waals surface area contributed by atoms with Crippen molar-refractivity contribution < 1.29 is 8.81 Å². The van der Waals surface area contributed by atoms with Crippen LogP contribution in [0.2, 0.25) is 5.02 Å². The zero-order valence-electron chi connectivity index (χ0n) is 6.29. The van der Waals surface area contributed by atoms with Crippen molar-refractivity contribution in [2.45, 2.75) is 0 Å². The van der Waals surface area contributed by atoms with Crippen LogP contribution in [0.25, 0.3) is 11.5 Å². The van der Waals surface area contributed by atoms with Crippen molar-refractivity contribution in [3.8, 4) is 11.5 Å². The van der Waals surface area contributed by atoms with E-state index in [1.54, 1.807) is 6.07 Å². The van der Waals surface area contributed by atoms with E-state index in [1.165, 1.54) is 12.1 Å². The molecule has 0 saturated heterocycles. The van der Waals surface area contributed by atoms with Crippen LogP contribution in [0.15, 0.2) is 22.6 Å². The summed E-state index contributed by atoms with van der Waals surface area (Å²) in [5.74, 6) is -0.298. The third-order valence-electron chi connectivity index (χ3n) is 1.49. The molecule has 0 aliphatic heterocycles. The molecule has 5 heteroatoms. The molecule has 0 aliphatic carbocycles. The summed E-state index contributed by atoms with van der Waals surface area (Å²) < 4.78 is 17.7. The highest BCUT2D eigenvalue weighted by atomic mass is 35.5. The van der Waals surface area contributed by atoms with Crippen molar-refractivity contribution in [3.63, 3.8) is 0 Å². The fourth-order valence-corrected chi connectivity index (χ4v) is 1.01. The Balaban J connectivity index is 2.49. The molecule has 2 aromatic rings. The first-order valence-corrected chi connectivity index (χ1v) is 3.80. The minimum absolute atomic E-state index is 0.0623. The topological polar surface area (TPSA) is 38.9 Å². The first kappa shape index (κ1) is 8.19. The number of halogens is 2. The van der Waals surface area contributed by atoms with Crippen LogP contribution in [-0.2, 0) is 0 Å². The van der Waals surface area contributed by atoms with E-state index in [-0.39, 0.29) is 10.9 Å². The number of rotatable bonds is 1. The summed E-state index contributed by atoms with van der Waals surface area (Å²) in [6.45, 7) is 0. The van der Waals surface area contributed by atoms with Gasteiger partial charge in [-0.1, -0.05) is 11.6 Å². The zero-order valence-corrected chi connectivity index (χ0v) is 7.05. The van der Waals surface area contributed by atoms with Gasteiger partial charge < -0.3 is 4.42 Å². The largest absolute Gasteiger partial charge is 0.412 e. The first-order valence-electron chi connectivity index (χ1n) is 3.42. The van der Waals surface area contributed by atoms with Crippen LogP contribution in [0, 0.1) is 12.2 Å². The lowest BCUT2D eigenvalue weighted by molar-refractivity contribution is 0.557. The fraction of sp³-hybridized carbons (Fsp3) is 0. The van der Waals surface area contributed by atoms with E-state index in [0.717, 1.165) is 0 Å². The van der Waals surface area contributed by atoms with Gasteiger partial charge in [0.1, 0.15) is 5.82 Å². The van der Waals surface area contributed by atoms with Crippen molar-refractivity contribution in [1.82, 2.24) is 10.2 Å². The van der Waals surface area contributed by atoms with Crippen molar-refractivity contribution in [3.05, 3.63) is 35.4 Å². The summed E-state index contributed by atoms with van der Waals surface area (Å²) in [5, 5.41) is 6.99. The van der Waals surface area contributed by atoms with E-state index in [2.05, 4.69) is 16.6 Å². The van der Waals surface area contributed by atoms with Gasteiger partial charge in [0, 0.05) is 5.56 Å². The highest BCUT2D eigenvalue weighted by Crippen LogP contribution is 2.21. The van der Waals surface area contributed by atoms with Crippen molar-refractivity contribution in [1.29, 1.82) is 0 Å². The van der Waals surface area contributed by atoms with E-state index < -0.39 is 5.82 Å². The molecule has 0 amide bonds. The molecular formula is C8H3ClFN2O. The Labute approximate surface area is 78.2 Å². The Bertz CT molecular complexity index is 416. The highest BCUT2D eigenvalue weighted by Gasteiger charge is 2.06. The van der Waals surface area contributed by atoms with Gasteiger partial charge in [0.2, 0.25) is 5.89 Å². The molecule has 1 aromatic heterocycles. The Morgan fingerprint density at radius 3 is 2.92 bits per heavy atom. The maximum Gasteiger partial charge on any atom is 0.306 e. The molecule has 3 nitrogen and oxygen atoms in total. The fourth-order valence-electron chi connectivity index (χ4n) is 0.896. The van der Waals surface area contributed by atoms with E-state index in [0.29, 0.717) is 5.56 Å². The van der Waals surface area contributed by atoms with Crippen LogP contribution in [0.1, 0.15) is 0 Å². The molecule has 0 spiro atoms. The van der Waals surface area contributed by atoms with Gasteiger partial charge in [0.05, 0.1) is 5.02 Å². The summed E-state index contributed by atoms with van der Waals surface area (Å²) in [4.78, 5) is 0. The van der Waals surface area contributed by atoms with E-state index in [9.17, 15) is 4.39 Å². The lowest BCUT2D eigenvalue weighted by Crippen LogP contribution is -1.81. The van der Waals surface area contributed by atoms with Crippen LogP contribution >= 0.6 is 11.6 Å². The molecule has 2 rings (SSSR count). The average molecular weight is 198 g/mol. The molecule has 1 heterocycles. The Hall–Kier alpha value is -1.42. The van der Waals surface area contributed by atoms with Crippen molar-refractivity contribution >= 4 is 11.6 Å². The summed E-state index contributed by atoms with van der Waals surface area (Å²) >= 11 is 5.49. The van der Waals surface area contributed by atoms with Crippen LogP contribution in [0.3, 0.4) is 0 Å². The van der Waals surface area contributed by atoms with Gasteiger partial charge >= 0.3 is 6.39 Å². The second kappa shape index (κ2) is 3.14. The minimum Gasteiger partial charge on any atom is -0.412 e. The average Bonchev–Trinajstić information content (AvgIpc) is 2.62. The third kappa shape index (κ3) is 1.53. The zero-order chi connectivity index (χ0) is 9.26. The quantitative estimate of drug-likeness (QED) is 0.704. The smallest absolute Gasteiger partial charge is 0.306 e. The number of hydrogen-bond donors (Lipinski definition) is 0. The summed E-state index contributed by atoms with van der Waals surface area (Å²) in [6, 6.07) is 4.24. The summed E-state index contributed by atoms with van der Waals surface area (Å²) in [6.07, 6.45) is 2.17. The number of hydrogen-bond acceptors (Lipinski definition) is 3. The van der Waals surface area contributed by atoms with Crippen LogP contribution in [0.5, 0.6) is 0 Å². The van der Waals surface area contributed by atoms with Crippen LogP contribution in [0.4, 0.5) is 4.39 Å². The SMILES string of the molecule is Fc1cc(-c2nn[c]o2)ccc1Cl. The molecule has 13 heavy (non-hydrogen) atoms. The molecule has 1 aromatic carbocycles. The normalized spacial score (nSPS) is 10.3. The van der Waals surface area contributed by atoms with Gasteiger partial charge in [-0.2, -0.15) is 0 Å². The molecule has 0 fully saturated rings. The number of nitrogens with zero attached hydrogens (tertiary/aromatic N) is 2. The molecule has 0 bridgehead atoms. The maximum atomic E-state index is 12.9. The van der Waals surface area contributed by atoms with Crippen LogP contribution < -0.4 is 0 Å². The first-order chi connectivity index (χ1) is 6.27. The van der Waals surface area contributed by atoms with E-state index in [4.69, 9.17) is 16.0 Å². The standard InChI is InChI=1S/C8H3ClFN2O/c9-6-2-1-5(3-7(6)10)8-12-11-4-13-8/h1-3H. The molecule has 0 saturated carbocycles. The molecule has 65 valence electrons. The summed E-state index contributed by atoms with van der Waals surface area (Å²) in [5.41, 5.74) is 0.482. The van der Waals surface area contributed by atoms with Crippen LogP contribution in [-0.4, -0.2) is 10.2 Å². The maximum absolute atomic E-state index is 12.9. The molecular weight excluding hydrogens is 195 g/mol. The Morgan fingerprint density at radius 1 is 1.46 bits per heavy atom. The molecule has 0 N–H and O–H groups in total. The summed E-state index contributed by atoms with van der Waals surface area (Å²) in [7, 11) is 0. The lowest BCUT2D eigenvalue weighted by atomic mass is 10.2. The van der Waals surface area contributed by atoms with E-state index >= 15 is 0 Å². The third-order valence-corrected chi connectivity index (χ3v) is 1.80. The van der Waals surface area contributed by atoms with Gasteiger partial charge in [0.15, 0.2) is 0 Å². The Morgan fingerprint density at radius 2 is 2.31 bits per heavy atom. The van der Waals surface area contributed by atoms with E-state index in [1.807, 2.05) is 0 Å². The predicted octanol–water partition coefficient (Wildman–Crippen LogP) is 2.33. The number of aromatic nitrogens is 2. The number of benzene rings is 1. The van der Waals surface area contributed by atoms with Gasteiger partial charge in [-0.25, -0.2) is 4.39 Å². The molecule has 0 atom stereocenters. The van der Waals surface area contributed by atoms with Crippen molar-refractivity contribution in [2.24, 2.45) is 0 Å². The highest BCUT2D eigenvalue weighted by molar-refractivity contribution is 6.30. The second-order valence-corrected chi connectivity index (χ2v) is 2.73. The predicted molar refractivity (Wildman–Crippen MR) is 43.5 cm³/mol. The van der Waals surface area contributed by atoms with Gasteiger partial charge in [0.25, 0.3) is 0 Å². The second-order valence-electron chi connectivity index (χ2n) is 2.33.